The van der Waals surface area contributed by atoms with Crippen molar-refractivity contribution in [3.8, 4) is 16.9 Å². The van der Waals surface area contributed by atoms with Gasteiger partial charge in [0.1, 0.15) is 11.6 Å². The van der Waals surface area contributed by atoms with Crippen LogP contribution in [0.3, 0.4) is 0 Å². The van der Waals surface area contributed by atoms with Crippen LogP contribution < -0.4 is 10.2 Å². The zero-order valence-electron chi connectivity index (χ0n) is 9.80. The molecule has 0 saturated heterocycles. The largest absolute Gasteiger partial charge is 0.497 e. The van der Waals surface area contributed by atoms with E-state index in [1.807, 2.05) is 0 Å². The van der Waals surface area contributed by atoms with Gasteiger partial charge in [-0.15, -0.1) is 0 Å². The van der Waals surface area contributed by atoms with E-state index in [1.165, 1.54) is 12.1 Å². The van der Waals surface area contributed by atoms with Gasteiger partial charge in [0, 0.05) is 0 Å². The Bertz CT molecular complexity index is 540. The maximum absolute atomic E-state index is 13.4. The van der Waals surface area contributed by atoms with E-state index in [1.54, 1.807) is 31.4 Å². The van der Waals surface area contributed by atoms with Gasteiger partial charge in [0.25, 0.3) is 0 Å². The molecule has 2 aromatic carbocycles. The molecule has 0 heterocycles. The summed E-state index contributed by atoms with van der Waals surface area (Å²) in [5, 5.41) is 18.1. The first-order chi connectivity index (χ1) is 8.60. The number of methoxy groups -OCH3 is 1. The molecule has 0 spiro atoms. The minimum Gasteiger partial charge on any atom is -0.497 e. The van der Waals surface area contributed by atoms with E-state index < -0.39 is 12.9 Å². The molecule has 0 atom stereocenters. The molecule has 18 heavy (non-hydrogen) atoms. The Morgan fingerprint density at radius 3 is 2.22 bits per heavy atom. The van der Waals surface area contributed by atoms with Crippen molar-refractivity contribution in [1.82, 2.24) is 0 Å². The van der Waals surface area contributed by atoms with Crippen molar-refractivity contribution >= 4 is 12.6 Å². The third kappa shape index (κ3) is 2.69. The Balaban J connectivity index is 2.42. The minimum atomic E-state index is -1.68. The lowest BCUT2D eigenvalue weighted by molar-refractivity contribution is 0.415. The summed E-state index contributed by atoms with van der Waals surface area (Å²) in [5.41, 5.74) is 1.48. The molecule has 3 nitrogen and oxygen atoms in total. The number of hydrogen-bond acceptors (Lipinski definition) is 3. The second-order valence-electron chi connectivity index (χ2n) is 3.88. The zero-order valence-corrected chi connectivity index (χ0v) is 9.80. The summed E-state index contributed by atoms with van der Waals surface area (Å²) in [6.07, 6.45) is 0. The highest BCUT2D eigenvalue weighted by Gasteiger charge is 2.13. The molecule has 0 aromatic heterocycles. The van der Waals surface area contributed by atoms with Crippen LogP contribution in [0.5, 0.6) is 5.75 Å². The number of benzene rings is 2. The van der Waals surface area contributed by atoms with E-state index in [0.29, 0.717) is 11.3 Å². The Morgan fingerprint density at radius 1 is 1.00 bits per heavy atom. The first kappa shape index (κ1) is 12.6. The molecule has 92 valence electrons. The fourth-order valence-corrected chi connectivity index (χ4v) is 1.71. The van der Waals surface area contributed by atoms with Crippen LogP contribution in [0.2, 0.25) is 0 Å². The second kappa shape index (κ2) is 5.20. The molecule has 0 bridgehead atoms. The predicted molar refractivity (Wildman–Crippen MR) is 68.2 cm³/mol. The third-order valence-electron chi connectivity index (χ3n) is 2.64. The first-order valence-corrected chi connectivity index (χ1v) is 5.41. The molecular formula is C13H12BFO3. The van der Waals surface area contributed by atoms with Crippen molar-refractivity contribution in [1.29, 1.82) is 0 Å². The topological polar surface area (TPSA) is 49.7 Å². The van der Waals surface area contributed by atoms with Crippen molar-refractivity contribution < 1.29 is 19.2 Å². The lowest BCUT2D eigenvalue weighted by Gasteiger charge is -2.07. The van der Waals surface area contributed by atoms with Crippen molar-refractivity contribution in [2.24, 2.45) is 0 Å². The van der Waals surface area contributed by atoms with Gasteiger partial charge in [0.15, 0.2) is 0 Å². The summed E-state index contributed by atoms with van der Waals surface area (Å²) in [6, 6.07) is 11.0. The van der Waals surface area contributed by atoms with E-state index >= 15 is 0 Å². The van der Waals surface area contributed by atoms with Crippen LogP contribution in [0, 0.1) is 5.82 Å². The van der Waals surface area contributed by atoms with Gasteiger partial charge in [-0.1, -0.05) is 18.2 Å². The van der Waals surface area contributed by atoms with E-state index in [2.05, 4.69) is 0 Å². The average Bonchev–Trinajstić information content (AvgIpc) is 2.38. The van der Waals surface area contributed by atoms with Gasteiger partial charge in [-0.05, 0) is 40.9 Å². The molecule has 0 radical (unpaired) electrons. The van der Waals surface area contributed by atoms with Crippen LogP contribution in [0.1, 0.15) is 0 Å². The number of hydrogen-bond donors (Lipinski definition) is 2. The summed E-state index contributed by atoms with van der Waals surface area (Å²) < 4.78 is 18.4. The average molecular weight is 246 g/mol. The van der Waals surface area contributed by atoms with E-state index in [9.17, 15) is 4.39 Å². The fraction of sp³-hybridized carbons (Fsp3) is 0.0769. The Morgan fingerprint density at radius 2 is 1.67 bits per heavy atom. The smallest absolute Gasteiger partial charge is 0.488 e. The fourth-order valence-electron chi connectivity index (χ4n) is 1.71. The summed E-state index contributed by atoms with van der Waals surface area (Å²) in [5.74, 6) is 0.198. The molecule has 2 aromatic rings. The van der Waals surface area contributed by atoms with Crippen LogP contribution >= 0.6 is 0 Å². The molecule has 0 amide bonds. The van der Waals surface area contributed by atoms with Gasteiger partial charge in [-0.25, -0.2) is 4.39 Å². The molecule has 2 rings (SSSR count). The Hall–Kier alpha value is -1.85. The highest BCUT2D eigenvalue weighted by atomic mass is 19.1. The van der Waals surface area contributed by atoms with Crippen LogP contribution in [0.4, 0.5) is 4.39 Å². The van der Waals surface area contributed by atoms with E-state index in [-0.39, 0.29) is 5.46 Å². The van der Waals surface area contributed by atoms with E-state index in [4.69, 9.17) is 14.8 Å². The highest BCUT2D eigenvalue weighted by molar-refractivity contribution is 6.58. The van der Waals surface area contributed by atoms with Gasteiger partial charge < -0.3 is 14.8 Å². The molecule has 0 fully saturated rings. The number of rotatable bonds is 3. The van der Waals surface area contributed by atoms with Crippen LogP contribution in [0.25, 0.3) is 11.1 Å². The predicted octanol–water partition coefficient (Wildman–Crippen LogP) is 1.18. The van der Waals surface area contributed by atoms with Crippen molar-refractivity contribution in [2.75, 3.05) is 7.11 Å². The van der Waals surface area contributed by atoms with Crippen molar-refractivity contribution in [3.05, 3.63) is 48.3 Å². The Kier molecular flexibility index (Phi) is 3.65. The minimum absolute atomic E-state index is 0.126. The van der Waals surface area contributed by atoms with Crippen LogP contribution in [-0.4, -0.2) is 24.3 Å². The van der Waals surface area contributed by atoms with Gasteiger partial charge in [0.05, 0.1) is 7.11 Å². The summed E-state index contributed by atoms with van der Waals surface area (Å²) >= 11 is 0. The molecule has 2 N–H and O–H groups in total. The monoisotopic (exact) mass is 246 g/mol. The first-order valence-electron chi connectivity index (χ1n) is 5.41. The SMILES string of the molecule is COc1ccc(-c2cc(F)cc(B(O)O)c2)cc1. The molecule has 0 aliphatic carbocycles. The quantitative estimate of drug-likeness (QED) is 0.799. The van der Waals surface area contributed by atoms with Gasteiger partial charge >= 0.3 is 7.12 Å². The molecule has 0 aliphatic heterocycles. The molecular weight excluding hydrogens is 234 g/mol. The number of halogens is 1. The molecule has 0 aliphatic rings. The molecule has 0 unspecified atom stereocenters. The standard InChI is InChI=1S/C13H12BFO3/c1-18-13-4-2-9(3-5-13)10-6-11(14(16)17)8-12(15)7-10/h2-8,16-17H,1H3. The van der Waals surface area contributed by atoms with Gasteiger partial charge in [-0.2, -0.15) is 0 Å². The van der Waals surface area contributed by atoms with Gasteiger partial charge in [0.2, 0.25) is 0 Å². The van der Waals surface area contributed by atoms with Crippen LogP contribution in [0.15, 0.2) is 42.5 Å². The lowest BCUT2D eigenvalue weighted by Crippen LogP contribution is -2.30. The second-order valence-corrected chi connectivity index (χ2v) is 3.88. The summed E-state index contributed by atoms with van der Waals surface area (Å²) in [7, 11) is -0.116. The van der Waals surface area contributed by atoms with Gasteiger partial charge in [-0.3, -0.25) is 0 Å². The highest BCUT2D eigenvalue weighted by Crippen LogP contribution is 2.22. The molecule has 5 heteroatoms. The number of ether oxygens (including phenoxy) is 1. The molecule has 0 saturated carbocycles. The lowest BCUT2D eigenvalue weighted by atomic mass is 9.79. The van der Waals surface area contributed by atoms with E-state index in [0.717, 1.165) is 11.6 Å². The maximum Gasteiger partial charge on any atom is 0.488 e. The summed E-state index contributed by atoms with van der Waals surface area (Å²) in [4.78, 5) is 0. The Labute approximate surface area is 105 Å². The van der Waals surface area contributed by atoms with Crippen molar-refractivity contribution in [2.45, 2.75) is 0 Å². The van der Waals surface area contributed by atoms with Crippen molar-refractivity contribution in [3.63, 3.8) is 0 Å². The maximum atomic E-state index is 13.4. The third-order valence-corrected chi connectivity index (χ3v) is 2.64. The normalized spacial score (nSPS) is 10.2. The summed E-state index contributed by atoms with van der Waals surface area (Å²) in [6.45, 7) is 0. The zero-order chi connectivity index (χ0) is 13.1. The van der Waals surface area contributed by atoms with Crippen LogP contribution in [-0.2, 0) is 0 Å².